The summed E-state index contributed by atoms with van der Waals surface area (Å²) < 4.78 is 43.4. The lowest BCUT2D eigenvalue weighted by Gasteiger charge is -2.08. The number of ether oxygens (including phenoxy) is 1. The van der Waals surface area contributed by atoms with E-state index in [-0.39, 0.29) is 24.6 Å². The highest BCUT2D eigenvalue weighted by molar-refractivity contribution is 5.94. The highest BCUT2D eigenvalue weighted by atomic mass is 19.4. The van der Waals surface area contributed by atoms with Crippen molar-refractivity contribution in [3.8, 4) is 17.6 Å². The number of nitrogens with one attached hydrogen (secondary N) is 2. The fourth-order valence-electron chi connectivity index (χ4n) is 2.16. The van der Waals surface area contributed by atoms with Crippen LogP contribution in [0.1, 0.15) is 22.8 Å². The first kappa shape index (κ1) is 20.8. The van der Waals surface area contributed by atoms with Gasteiger partial charge in [-0.2, -0.15) is 13.2 Å². The van der Waals surface area contributed by atoms with E-state index >= 15 is 0 Å². The predicted molar refractivity (Wildman–Crippen MR) is 97.8 cm³/mol. The standard InChI is InChI=1S/C20H17F3N2O3/c1-14(26)25-17-8-5-9-18(13-17)28-11-3-2-10-24-19(27)15-6-4-7-16(12-15)20(21,22)23/h4-9,12-13H,10-11H2,1H3,(H,24,27)(H,25,26). The van der Waals surface area contributed by atoms with E-state index in [1.54, 1.807) is 24.3 Å². The van der Waals surface area contributed by atoms with Gasteiger partial charge in [0.25, 0.3) is 5.91 Å². The number of benzene rings is 2. The second-order valence-electron chi connectivity index (χ2n) is 5.61. The largest absolute Gasteiger partial charge is 0.481 e. The zero-order valence-electron chi connectivity index (χ0n) is 14.9. The summed E-state index contributed by atoms with van der Waals surface area (Å²) in [6, 6.07) is 10.9. The number of carbonyl (C=O) groups is 2. The van der Waals surface area contributed by atoms with Gasteiger partial charge in [0.15, 0.2) is 0 Å². The van der Waals surface area contributed by atoms with Crippen LogP contribution in [-0.4, -0.2) is 25.0 Å². The fourth-order valence-corrected chi connectivity index (χ4v) is 2.16. The number of amides is 2. The minimum absolute atomic E-state index is 0.0373. The van der Waals surface area contributed by atoms with E-state index in [1.165, 1.54) is 19.1 Å². The minimum atomic E-state index is -4.51. The molecule has 0 bridgehead atoms. The van der Waals surface area contributed by atoms with Crippen LogP contribution in [0.2, 0.25) is 0 Å². The van der Waals surface area contributed by atoms with Crippen molar-refractivity contribution < 1.29 is 27.5 Å². The van der Waals surface area contributed by atoms with Crippen molar-refractivity contribution in [2.45, 2.75) is 13.1 Å². The Morgan fingerprint density at radius 1 is 1.07 bits per heavy atom. The Hall–Kier alpha value is -3.47. The molecule has 0 aromatic heterocycles. The Morgan fingerprint density at radius 3 is 2.54 bits per heavy atom. The molecule has 0 aliphatic carbocycles. The quantitative estimate of drug-likeness (QED) is 0.769. The van der Waals surface area contributed by atoms with Gasteiger partial charge in [-0.15, -0.1) is 0 Å². The van der Waals surface area contributed by atoms with E-state index in [4.69, 9.17) is 4.74 Å². The first-order valence-corrected chi connectivity index (χ1v) is 8.17. The van der Waals surface area contributed by atoms with Gasteiger partial charge in [0.2, 0.25) is 5.91 Å². The molecule has 0 atom stereocenters. The van der Waals surface area contributed by atoms with Crippen LogP contribution >= 0.6 is 0 Å². The molecule has 0 heterocycles. The monoisotopic (exact) mass is 390 g/mol. The summed E-state index contributed by atoms with van der Waals surface area (Å²) in [5, 5.41) is 5.05. The molecule has 146 valence electrons. The van der Waals surface area contributed by atoms with Gasteiger partial charge in [0.1, 0.15) is 12.4 Å². The Labute approximate surface area is 159 Å². The molecule has 2 amide bonds. The van der Waals surface area contributed by atoms with Crippen LogP contribution in [0.3, 0.4) is 0 Å². The van der Waals surface area contributed by atoms with Gasteiger partial charge in [-0.05, 0) is 30.3 Å². The van der Waals surface area contributed by atoms with E-state index < -0.39 is 17.6 Å². The SMILES string of the molecule is CC(=O)Nc1cccc(OCC#CCNC(=O)c2cccc(C(F)(F)F)c2)c1. The van der Waals surface area contributed by atoms with Crippen molar-refractivity contribution in [1.82, 2.24) is 5.32 Å². The molecule has 0 spiro atoms. The summed E-state index contributed by atoms with van der Waals surface area (Å²) in [5.74, 6) is 4.99. The Balaban J connectivity index is 1.81. The maximum atomic E-state index is 12.7. The molecule has 2 aromatic rings. The average Bonchev–Trinajstić information content (AvgIpc) is 2.63. The number of rotatable bonds is 5. The third kappa shape index (κ3) is 6.68. The Kier molecular flexibility index (Phi) is 7.04. The zero-order chi connectivity index (χ0) is 20.6. The van der Waals surface area contributed by atoms with Crippen LogP contribution in [-0.2, 0) is 11.0 Å². The molecule has 0 radical (unpaired) electrons. The predicted octanol–water partition coefficient (Wildman–Crippen LogP) is 3.48. The number of carbonyl (C=O) groups excluding carboxylic acids is 2. The van der Waals surface area contributed by atoms with Crippen LogP contribution in [0.5, 0.6) is 5.75 Å². The smallest absolute Gasteiger partial charge is 0.416 e. The molecular weight excluding hydrogens is 373 g/mol. The van der Waals surface area contributed by atoms with Gasteiger partial charge in [-0.1, -0.05) is 24.0 Å². The topological polar surface area (TPSA) is 67.4 Å². The number of hydrogen-bond donors (Lipinski definition) is 2. The second kappa shape index (κ2) is 9.46. The fraction of sp³-hybridized carbons (Fsp3) is 0.200. The maximum absolute atomic E-state index is 12.7. The number of halogens is 3. The van der Waals surface area contributed by atoms with Crippen molar-refractivity contribution in [1.29, 1.82) is 0 Å². The molecule has 5 nitrogen and oxygen atoms in total. The minimum Gasteiger partial charge on any atom is -0.481 e. The van der Waals surface area contributed by atoms with Gasteiger partial charge in [0, 0.05) is 24.2 Å². The van der Waals surface area contributed by atoms with Crippen LogP contribution in [0.4, 0.5) is 18.9 Å². The van der Waals surface area contributed by atoms with Crippen molar-refractivity contribution in [2.24, 2.45) is 0 Å². The molecule has 2 rings (SSSR count). The summed E-state index contributed by atoms with van der Waals surface area (Å²) in [6.45, 7) is 1.40. The van der Waals surface area contributed by atoms with Crippen molar-refractivity contribution in [2.75, 3.05) is 18.5 Å². The molecule has 0 saturated carbocycles. The summed E-state index contributed by atoms with van der Waals surface area (Å²) in [4.78, 5) is 22.9. The molecule has 28 heavy (non-hydrogen) atoms. The van der Waals surface area contributed by atoms with Gasteiger partial charge in [-0.3, -0.25) is 9.59 Å². The molecule has 8 heteroatoms. The highest BCUT2D eigenvalue weighted by Crippen LogP contribution is 2.29. The maximum Gasteiger partial charge on any atom is 0.416 e. The Morgan fingerprint density at radius 2 is 1.82 bits per heavy atom. The normalized spacial score (nSPS) is 10.4. The van der Waals surface area contributed by atoms with Gasteiger partial charge in [0.05, 0.1) is 12.1 Å². The summed E-state index contributed by atoms with van der Waals surface area (Å²) in [7, 11) is 0. The third-order valence-electron chi connectivity index (χ3n) is 3.38. The van der Waals surface area contributed by atoms with E-state index in [9.17, 15) is 22.8 Å². The molecular formula is C20H17F3N2O3. The van der Waals surface area contributed by atoms with Crippen molar-refractivity contribution in [3.05, 3.63) is 59.7 Å². The van der Waals surface area contributed by atoms with Crippen LogP contribution in [0.15, 0.2) is 48.5 Å². The highest BCUT2D eigenvalue weighted by Gasteiger charge is 2.30. The first-order valence-electron chi connectivity index (χ1n) is 8.17. The molecule has 2 N–H and O–H groups in total. The lowest BCUT2D eigenvalue weighted by molar-refractivity contribution is -0.137. The molecule has 0 unspecified atom stereocenters. The second-order valence-corrected chi connectivity index (χ2v) is 5.61. The average molecular weight is 390 g/mol. The number of hydrogen-bond acceptors (Lipinski definition) is 3. The molecule has 0 aliphatic heterocycles. The molecule has 0 fully saturated rings. The molecule has 2 aromatic carbocycles. The summed E-state index contributed by atoms with van der Waals surface area (Å²) >= 11 is 0. The van der Waals surface area contributed by atoms with Crippen LogP contribution < -0.4 is 15.4 Å². The van der Waals surface area contributed by atoms with Gasteiger partial charge < -0.3 is 15.4 Å². The lowest BCUT2D eigenvalue weighted by Crippen LogP contribution is -2.24. The first-order chi connectivity index (χ1) is 13.3. The lowest BCUT2D eigenvalue weighted by atomic mass is 10.1. The van der Waals surface area contributed by atoms with Crippen LogP contribution in [0, 0.1) is 11.8 Å². The van der Waals surface area contributed by atoms with E-state index in [0.29, 0.717) is 11.4 Å². The zero-order valence-corrected chi connectivity index (χ0v) is 14.9. The Bertz CT molecular complexity index is 915. The van der Waals surface area contributed by atoms with Gasteiger partial charge in [-0.25, -0.2) is 0 Å². The number of alkyl halides is 3. The van der Waals surface area contributed by atoms with Crippen molar-refractivity contribution in [3.63, 3.8) is 0 Å². The molecule has 0 saturated heterocycles. The van der Waals surface area contributed by atoms with Crippen molar-refractivity contribution >= 4 is 17.5 Å². The van der Waals surface area contributed by atoms with E-state index in [0.717, 1.165) is 12.1 Å². The molecule has 0 aliphatic rings. The number of anilines is 1. The van der Waals surface area contributed by atoms with E-state index in [1.807, 2.05) is 0 Å². The summed E-state index contributed by atoms with van der Waals surface area (Å²) in [5.41, 5.74) is -0.393. The van der Waals surface area contributed by atoms with Crippen LogP contribution in [0.25, 0.3) is 0 Å². The third-order valence-corrected chi connectivity index (χ3v) is 3.38. The van der Waals surface area contributed by atoms with Gasteiger partial charge >= 0.3 is 6.18 Å². The summed E-state index contributed by atoms with van der Waals surface area (Å²) in [6.07, 6.45) is -4.51. The van der Waals surface area contributed by atoms with E-state index in [2.05, 4.69) is 22.5 Å².